The average molecular weight is 365 g/mol. The summed E-state index contributed by atoms with van der Waals surface area (Å²) in [7, 11) is 0. The molecule has 0 amide bonds. The zero-order chi connectivity index (χ0) is 17.2. The highest BCUT2D eigenvalue weighted by Crippen LogP contribution is 2.35. The molecule has 1 aromatic carbocycles. The van der Waals surface area contributed by atoms with Gasteiger partial charge in [0.1, 0.15) is 0 Å². The Morgan fingerprint density at radius 2 is 2.04 bits per heavy atom. The van der Waals surface area contributed by atoms with Crippen molar-refractivity contribution in [1.82, 2.24) is 0 Å². The lowest BCUT2D eigenvalue weighted by Gasteiger charge is -2.24. The Bertz CT molecular complexity index is 716. The van der Waals surface area contributed by atoms with Crippen molar-refractivity contribution >= 4 is 34.7 Å². The summed E-state index contributed by atoms with van der Waals surface area (Å²) in [6.45, 7) is 0. The number of nitrogens with zero attached hydrogens (tertiary/aromatic N) is 1. The van der Waals surface area contributed by atoms with Crippen molar-refractivity contribution in [2.45, 2.75) is 6.18 Å². The molecule has 0 saturated carbocycles. The first kappa shape index (κ1) is 17.6. The van der Waals surface area contributed by atoms with Gasteiger partial charge in [-0.05, 0) is 35.8 Å². The second-order valence-electron chi connectivity index (χ2n) is 4.33. The fourth-order valence-corrected chi connectivity index (χ4v) is 3.16. The molecule has 2 N–H and O–H groups in total. The van der Waals surface area contributed by atoms with Crippen molar-refractivity contribution in [3.63, 3.8) is 0 Å². The lowest BCUT2D eigenvalue weighted by Crippen LogP contribution is -2.26. The molecule has 23 heavy (non-hydrogen) atoms. The van der Waals surface area contributed by atoms with E-state index in [1.54, 1.807) is 11.5 Å². The van der Waals surface area contributed by atoms with E-state index in [9.17, 15) is 26.7 Å². The minimum atomic E-state index is -4.72. The molecular formula is C13H10F3NO4S2. The summed E-state index contributed by atoms with van der Waals surface area (Å²) < 4.78 is 60.0. The number of thioether (sulfide) groups is 1. The van der Waals surface area contributed by atoms with Crippen LogP contribution in [0, 0.1) is 0 Å². The predicted octanol–water partition coefficient (Wildman–Crippen LogP) is 3.49. The van der Waals surface area contributed by atoms with Crippen LogP contribution < -0.4 is 4.31 Å². The molecule has 0 saturated heterocycles. The van der Waals surface area contributed by atoms with Crippen molar-refractivity contribution < 1.29 is 31.8 Å². The maximum absolute atomic E-state index is 12.7. The largest absolute Gasteiger partial charge is 0.478 e. The zero-order valence-corrected chi connectivity index (χ0v) is 12.9. The van der Waals surface area contributed by atoms with Gasteiger partial charge in [-0.1, -0.05) is 0 Å². The van der Waals surface area contributed by atoms with E-state index < -0.39 is 34.5 Å². The first-order chi connectivity index (χ1) is 10.7. The van der Waals surface area contributed by atoms with Crippen LogP contribution in [-0.4, -0.2) is 25.6 Å². The molecule has 1 aliphatic heterocycles. The van der Waals surface area contributed by atoms with Crippen LogP contribution in [0.1, 0.15) is 15.9 Å². The number of hydrogen-bond acceptors (Lipinski definition) is 3. The van der Waals surface area contributed by atoms with E-state index in [0.717, 1.165) is 10.4 Å². The summed E-state index contributed by atoms with van der Waals surface area (Å²) in [6, 6.07) is 1.99. The third kappa shape index (κ3) is 3.95. The number of carboxylic acid groups (broad SMARTS) is 1. The normalized spacial score (nSPS) is 15.9. The van der Waals surface area contributed by atoms with E-state index in [0.29, 0.717) is 17.9 Å². The molecule has 0 bridgehead atoms. The Morgan fingerprint density at radius 3 is 2.52 bits per heavy atom. The van der Waals surface area contributed by atoms with Crippen LogP contribution in [0.25, 0.3) is 0 Å². The van der Waals surface area contributed by atoms with Crippen molar-refractivity contribution in [1.29, 1.82) is 0 Å². The third-order valence-electron chi connectivity index (χ3n) is 2.89. The Balaban J connectivity index is 2.59. The first-order valence-corrected chi connectivity index (χ1v) is 8.17. The van der Waals surface area contributed by atoms with Crippen LogP contribution in [0.2, 0.25) is 0 Å². The molecule has 2 rings (SSSR count). The van der Waals surface area contributed by atoms with E-state index in [-0.39, 0.29) is 11.4 Å². The lowest BCUT2D eigenvalue weighted by atomic mass is 10.1. The maximum atomic E-state index is 12.7. The summed E-state index contributed by atoms with van der Waals surface area (Å²) in [4.78, 5) is 11.3. The molecular weight excluding hydrogens is 355 g/mol. The van der Waals surface area contributed by atoms with Crippen LogP contribution in [0.4, 0.5) is 18.9 Å². The average Bonchev–Trinajstić information content (AvgIpc) is 2.47. The predicted molar refractivity (Wildman–Crippen MR) is 81.3 cm³/mol. The van der Waals surface area contributed by atoms with Crippen LogP contribution in [0.5, 0.6) is 0 Å². The fraction of sp³-hybridized carbons (Fsp3) is 0.154. The van der Waals surface area contributed by atoms with Crippen molar-refractivity contribution in [3.05, 3.63) is 52.6 Å². The molecule has 0 spiro atoms. The molecule has 124 valence electrons. The smallest absolute Gasteiger partial charge is 0.416 e. The third-order valence-corrected chi connectivity index (χ3v) is 4.30. The molecule has 1 aromatic rings. The molecule has 1 aliphatic rings. The van der Waals surface area contributed by atoms with Gasteiger partial charge in [-0.25, -0.2) is 13.3 Å². The van der Waals surface area contributed by atoms with Gasteiger partial charge < -0.3 is 5.11 Å². The van der Waals surface area contributed by atoms with Crippen molar-refractivity contribution in [3.8, 4) is 0 Å². The molecule has 0 aliphatic carbocycles. The summed E-state index contributed by atoms with van der Waals surface area (Å²) in [5.74, 6) is -1.14. The number of aromatic carboxylic acids is 1. The quantitative estimate of drug-likeness (QED) is 0.799. The number of alkyl halides is 3. The second-order valence-corrected chi connectivity index (χ2v) is 6.09. The monoisotopic (exact) mass is 365 g/mol. The van der Waals surface area contributed by atoms with Gasteiger partial charge in [0, 0.05) is 5.75 Å². The summed E-state index contributed by atoms with van der Waals surface area (Å²) in [6.07, 6.45) is -1.67. The Kier molecular flexibility index (Phi) is 5.17. The van der Waals surface area contributed by atoms with E-state index in [2.05, 4.69) is 0 Å². The van der Waals surface area contributed by atoms with Gasteiger partial charge >= 0.3 is 12.1 Å². The number of halogens is 3. The van der Waals surface area contributed by atoms with Gasteiger partial charge in [-0.2, -0.15) is 13.2 Å². The first-order valence-electron chi connectivity index (χ1n) is 6.06. The molecule has 5 nitrogen and oxygen atoms in total. The highest BCUT2D eigenvalue weighted by atomic mass is 32.2. The minimum absolute atomic E-state index is 0.229. The van der Waals surface area contributed by atoms with Crippen molar-refractivity contribution in [2.75, 3.05) is 10.1 Å². The number of allylic oxidation sites excluding steroid dienone is 1. The Hall–Kier alpha value is -1.78. The molecule has 1 unspecified atom stereocenters. The summed E-state index contributed by atoms with van der Waals surface area (Å²) >= 11 is -1.24. The summed E-state index contributed by atoms with van der Waals surface area (Å²) in [5, 5.41) is 10.8. The number of hydrogen-bond donors (Lipinski definition) is 2. The van der Waals surface area contributed by atoms with Crippen LogP contribution >= 0.6 is 11.8 Å². The standard InChI is InChI=1S/C13H10F3NO4S2/c14-13(15,16)8-1-2-11(10(7-8)12(18)19)17(23(20)21)9-3-5-22-6-4-9/h1-5,7H,6H2,(H,18,19)(H,20,21). The highest BCUT2D eigenvalue weighted by molar-refractivity contribution is 8.02. The van der Waals surface area contributed by atoms with Gasteiger partial charge in [-0.15, -0.1) is 11.8 Å². The SMILES string of the molecule is O=C(O)c1cc(C(F)(F)F)ccc1N(C1=CCSC=C1)S(=O)O. The maximum Gasteiger partial charge on any atom is 0.416 e. The Labute approximate surface area is 135 Å². The molecule has 10 heteroatoms. The number of anilines is 1. The van der Waals surface area contributed by atoms with E-state index >= 15 is 0 Å². The highest BCUT2D eigenvalue weighted by Gasteiger charge is 2.33. The molecule has 1 atom stereocenters. The molecule has 0 fully saturated rings. The van der Waals surface area contributed by atoms with Gasteiger partial charge in [0.2, 0.25) is 0 Å². The van der Waals surface area contributed by atoms with Crippen molar-refractivity contribution in [2.24, 2.45) is 0 Å². The summed E-state index contributed by atoms with van der Waals surface area (Å²) in [5.41, 5.74) is -1.93. The lowest BCUT2D eigenvalue weighted by molar-refractivity contribution is -0.137. The Morgan fingerprint density at radius 1 is 1.35 bits per heavy atom. The molecule has 0 aromatic heterocycles. The van der Waals surface area contributed by atoms with E-state index in [4.69, 9.17) is 5.11 Å². The number of benzene rings is 1. The van der Waals surface area contributed by atoms with E-state index in [1.807, 2.05) is 0 Å². The van der Waals surface area contributed by atoms with Crippen LogP contribution in [0.15, 0.2) is 41.5 Å². The number of carboxylic acids is 1. The number of rotatable bonds is 4. The van der Waals surface area contributed by atoms with Crippen LogP contribution in [0.3, 0.4) is 0 Å². The van der Waals surface area contributed by atoms with Gasteiger partial charge in [0.25, 0.3) is 11.3 Å². The molecule has 0 radical (unpaired) electrons. The topological polar surface area (TPSA) is 77.8 Å². The van der Waals surface area contributed by atoms with Gasteiger partial charge in [-0.3, -0.25) is 4.55 Å². The zero-order valence-electron chi connectivity index (χ0n) is 11.3. The minimum Gasteiger partial charge on any atom is -0.478 e. The molecule has 1 heterocycles. The van der Waals surface area contributed by atoms with Crippen LogP contribution in [-0.2, 0) is 17.4 Å². The second kappa shape index (κ2) is 6.77. The fourth-order valence-electron chi connectivity index (χ4n) is 1.90. The van der Waals surface area contributed by atoms with Gasteiger partial charge in [0.05, 0.1) is 22.5 Å². The van der Waals surface area contributed by atoms with Gasteiger partial charge in [0.15, 0.2) is 0 Å². The number of carbonyl (C=O) groups is 1. The van der Waals surface area contributed by atoms with E-state index in [1.165, 1.54) is 17.8 Å².